The van der Waals surface area contributed by atoms with Gasteiger partial charge in [0.15, 0.2) is 0 Å². The Labute approximate surface area is 207 Å². The third kappa shape index (κ3) is 3.22. The number of rotatable bonds is 0. The Kier molecular flexibility index (Phi) is 4.84. The number of hydrogen-bond acceptors (Lipinski definition) is 1. The molecule has 0 aliphatic carbocycles. The van der Waals surface area contributed by atoms with Gasteiger partial charge in [0, 0.05) is 55.8 Å². The van der Waals surface area contributed by atoms with Gasteiger partial charge in [0.2, 0.25) is 0 Å². The highest BCUT2D eigenvalue weighted by molar-refractivity contribution is 6.31. The van der Waals surface area contributed by atoms with Gasteiger partial charge in [0.25, 0.3) is 0 Å². The van der Waals surface area contributed by atoms with E-state index in [2.05, 4.69) is 113 Å². The molecule has 5 rings (SSSR count). The first kappa shape index (κ1) is 23.0. The summed E-state index contributed by atoms with van der Waals surface area (Å²) >= 11 is 6.76. The lowest BCUT2D eigenvalue weighted by molar-refractivity contribution is 0.539. The van der Waals surface area contributed by atoms with Crippen LogP contribution in [0, 0.1) is 0 Å². The third-order valence-corrected chi connectivity index (χ3v) is 8.48. The van der Waals surface area contributed by atoms with Gasteiger partial charge in [-0.15, -0.1) is 0 Å². The number of nitrogens with one attached hydrogen (secondary N) is 3. The average Bonchev–Trinajstić information content (AvgIpc) is 3.54. The van der Waals surface area contributed by atoms with Crippen molar-refractivity contribution in [3.63, 3.8) is 0 Å². The molecule has 8 bridgehead atoms. The number of fused-ring (bicyclic) bond motifs is 8. The van der Waals surface area contributed by atoms with Crippen molar-refractivity contribution in [2.75, 3.05) is 0 Å². The quantitative estimate of drug-likeness (QED) is 0.245. The largest absolute Gasteiger partial charge is 0.361 e. The number of hydrogen-bond donors (Lipinski definition) is 3. The van der Waals surface area contributed by atoms with E-state index in [-0.39, 0.29) is 16.2 Å². The molecule has 5 heterocycles. The maximum Gasteiger partial charge on any atom is 0.0708 e. The Morgan fingerprint density at radius 1 is 0.500 bits per heavy atom. The van der Waals surface area contributed by atoms with Gasteiger partial charge >= 0.3 is 0 Å². The van der Waals surface area contributed by atoms with E-state index >= 15 is 0 Å². The predicted octanol–water partition coefficient (Wildman–Crippen LogP) is 7.34. The van der Waals surface area contributed by atoms with Crippen LogP contribution in [0.25, 0.3) is 0 Å². The van der Waals surface area contributed by atoms with Crippen LogP contribution in [0.4, 0.5) is 0 Å². The van der Waals surface area contributed by atoms with Crippen molar-refractivity contribution in [1.29, 1.82) is 0 Å². The van der Waals surface area contributed by atoms with Crippen LogP contribution in [0.2, 0.25) is 5.02 Å². The van der Waals surface area contributed by atoms with Crippen LogP contribution in [0.1, 0.15) is 101 Å². The molecule has 0 radical (unpaired) electrons. The lowest BCUT2D eigenvalue weighted by Gasteiger charge is -2.30. The van der Waals surface area contributed by atoms with E-state index in [1.807, 2.05) is 6.07 Å². The Morgan fingerprint density at radius 3 is 1.26 bits per heavy atom. The molecule has 5 heteroatoms. The van der Waals surface area contributed by atoms with E-state index in [4.69, 9.17) is 16.6 Å². The fourth-order valence-corrected chi connectivity index (χ4v) is 5.50. The van der Waals surface area contributed by atoms with Crippen LogP contribution in [0.5, 0.6) is 0 Å². The number of aromatic nitrogens is 4. The molecule has 0 fully saturated rings. The van der Waals surface area contributed by atoms with Crippen molar-refractivity contribution in [2.45, 2.75) is 77.0 Å². The zero-order valence-corrected chi connectivity index (χ0v) is 22.2. The molecule has 1 aliphatic heterocycles. The lowest BCUT2D eigenvalue weighted by atomic mass is 9.82. The number of pyridine rings is 1. The topological polar surface area (TPSA) is 60.3 Å². The van der Waals surface area contributed by atoms with Gasteiger partial charge in [-0.05, 0) is 104 Å². The number of halogens is 1. The van der Waals surface area contributed by atoms with Crippen molar-refractivity contribution >= 4 is 11.6 Å². The molecular weight excluding hydrogens is 440 g/mol. The second-order valence-electron chi connectivity index (χ2n) is 11.9. The fraction of sp³-hybridized carbons (Fsp3) is 0.414. The van der Waals surface area contributed by atoms with Gasteiger partial charge in [-0.3, -0.25) is 4.98 Å². The molecule has 0 unspecified atom stereocenters. The van der Waals surface area contributed by atoms with Crippen LogP contribution < -0.4 is 0 Å². The van der Waals surface area contributed by atoms with Gasteiger partial charge in [-0.2, -0.15) is 0 Å². The van der Waals surface area contributed by atoms with Gasteiger partial charge in [0.05, 0.1) is 16.4 Å². The van der Waals surface area contributed by atoms with Crippen molar-refractivity contribution < 1.29 is 0 Å². The highest BCUT2D eigenvalue weighted by atomic mass is 35.5. The molecule has 0 saturated heterocycles. The van der Waals surface area contributed by atoms with E-state index in [9.17, 15) is 0 Å². The molecule has 3 N–H and O–H groups in total. The van der Waals surface area contributed by atoms with Gasteiger partial charge in [0.1, 0.15) is 0 Å². The molecular formula is C29H35ClN4. The molecule has 0 atom stereocenters. The molecule has 178 valence electrons. The smallest absolute Gasteiger partial charge is 0.0708 e. The Morgan fingerprint density at radius 2 is 0.853 bits per heavy atom. The summed E-state index contributed by atoms with van der Waals surface area (Å²) in [5, 5.41) is 0.684. The summed E-state index contributed by atoms with van der Waals surface area (Å²) in [6.07, 6.45) is 0. The van der Waals surface area contributed by atoms with E-state index in [1.165, 1.54) is 17.1 Å². The maximum atomic E-state index is 6.76. The van der Waals surface area contributed by atoms with Crippen molar-refractivity contribution in [3.05, 3.63) is 99.1 Å². The first-order valence-electron chi connectivity index (χ1n) is 12.0. The van der Waals surface area contributed by atoms with Crippen LogP contribution in [-0.4, -0.2) is 19.9 Å². The highest BCUT2D eigenvalue weighted by Crippen LogP contribution is 2.41. The summed E-state index contributed by atoms with van der Waals surface area (Å²) in [4.78, 5) is 16.4. The van der Waals surface area contributed by atoms with Crippen LogP contribution in [0.3, 0.4) is 0 Å². The molecule has 1 aliphatic rings. The standard InChI is InChI=1S/C29H35ClN4/c1-26(2)18-11-12-20(31-18)27(3,4)21-15-16-24(33-21)29(7,8)25-17(30)9-10-23(34-25)28(5,6)22-14-13-19(26)32-22/h9-16,31-33H,1-8H3. The average molecular weight is 475 g/mol. The molecule has 4 aromatic heterocycles. The Bertz CT molecular complexity index is 1380. The van der Waals surface area contributed by atoms with Crippen molar-refractivity contribution in [2.24, 2.45) is 0 Å². The summed E-state index contributed by atoms with van der Waals surface area (Å²) in [6, 6.07) is 17.3. The zero-order valence-electron chi connectivity index (χ0n) is 21.4. The van der Waals surface area contributed by atoms with Gasteiger partial charge in [-0.25, -0.2) is 0 Å². The highest BCUT2D eigenvalue weighted by Gasteiger charge is 2.37. The van der Waals surface area contributed by atoms with Crippen LogP contribution in [0.15, 0.2) is 48.5 Å². The summed E-state index contributed by atoms with van der Waals surface area (Å²) in [5.74, 6) is 0. The normalized spacial score (nSPS) is 19.7. The first-order valence-corrected chi connectivity index (χ1v) is 12.4. The minimum Gasteiger partial charge on any atom is -0.361 e. The molecule has 0 amide bonds. The molecule has 0 saturated carbocycles. The van der Waals surface area contributed by atoms with Crippen molar-refractivity contribution in [3.8, 4) is 0 Å². The summed E-state index contributed by atoms with van der Waals surface area (Å²) < 4.78 is 0. The predicted molar refractivity (Wildman–Crippen MR) is 140 cm³/mol. The number of H-pyrrole nitrogens is 3. The van der Waals surface area contributed by atoms with E-state index < -0.39 is 5.41 Å². The summed E-state index contributed by atoms with van der Waals surface area (Å²) in [6.45, 7) is 17.8. The summed E-state index contributed by atoms with van der Waals surface area (Å²) in [5.41, 5.74) is 7.67. The van der Waals surface area contributed by atoms with E-state index in [0.29, 0.717) is 5.02 Å². The van der Waals surface area contributed by atoms with Crippen LogP contribution in [-0.2, 0) is 21.7 Å². The third-order valence-electron chi connectivity index (χ3n) is 8.18. The van der Waals surface area contributed by atoms with E-state index in [1.54, 1.807) is 0 Å². The fourth-order valence-electron chi connectivity index (χ4n) is 5.16. The lowest BCUT2D eigenvalue weighted by Crippen LogP contribution is -2.28. The molecule has 0 spiro atoms. The summed E-state index contributed by atoms with van der Waals surface area (Å²) in [7, 11) is 0. The molecule has 4 aromatic rings. The number of aromatic amines is 3. The van der Waals surface area contributed by atoms with Gasteiger partial charge < -0.3 is 15.0 Å². The maximum absolute atomic E-state index is 6.76. The molecule has 4 nitrogen and oxygen atoms in total. The second kappa shape index (κ2) is 7.14. The second-order valence-corrected chi connectivity index (χ2v) is 12.3. The zero-order chi connectivity index (χ0) is 24.7. The van der Waals surface area contributed by atoms with Crippen LogP contribution >= 0.6 is 11.6 Å². The van der Waals surface area contributed by atoms with E-state index in [0.717, 1.165) is 28.5 Å². The Balaban J connectivity index is 1.80. The minimum atomic E-state index is -0.391. The molecule has 34 heavy (non-hydrogen) atoms. The minimum absolute atomic E-state index is 0.207. The van der Waals surface area contributed by atoms with Gasteiger partial charge in [-0.1, -0.05) is 11.6 Å². The van der Waals surface area contributed by atoms with Crippen molar-refractivity contribution in [1.82, 2.24) is 19.9 Å². The SMILES string of the molecule is CC1(C)c2ccc(Cl)c(n2)C(C)(C)c2ccc([nH]2)C(C)(C)c2ccc([nH]2)C(C)(C)c2ccc1[nH]2. The number of nitrogens with zero attached hydrogens (tertiary/aromatic N) is 1. The first-order chi connectivity index (χ1) is 15.8. The Hall–Kier alpha value is -2.72. The monoisotopic (exact) mass is 474 g/mol. The molecule has 0 aromatic carbocycles.